The van der Waals surface area contributed by atoms with E-state index in [4.69, 9.17) is 20.6 Å². The third-order valence-electron chi connectivity index (χ3n) is 19.4. The first-order valence-corrected chi connectivity index (χ1v) is 43.0. The highest BCUT2D eigenvalue weighted by Crippen LogP contribution is 2.45. The molecule has 34 nitrogen and oxygen atoms in total. The first-order chi connectivity index (χ1) is 58.4. The van der Waals surface area contributed by atoms with Gasteiger partial charge in [-0.2, -0.15) is 46.7 Å². The van der Waals surface area contributed by atoms with Crippen molar-refractivity contribution < 1.29 is 91.5 Å². The first kappa shape index (κ1) is 97.3. The van der Waals surface area contributed by atoms with Crippen LogP contribution >= 0.6 is 43.1 Å². The standard InChI is InChI=1S/C21H19F3N4O5S.C21H22N4O5S.C20H19F3N4O4S.C20H22N4O4S/c1-12(29)20(2,27-31)19(30)14-5-3-13(4-6-14)17-11-18(21(22,23)24)26-28(17)15-7-9-16(10-8-15)34(25,32)33;1-13-4-6-15(7-5-13)19-12-18(20(27)21(3,24-28)14(2)26)23-25(19)16-8-10-17(11-9-16)31(22,29)30;1-19(2,26-29)18(28)13-5-3-12(4-6-13)16-11-17(20(21,22)23)25-27(16)14-7-9-15(10-8-14)32(24,30)31;1-13-4-6-14(7-5-13)18-12-17(19(25)20(2,3)23-26)22-24(18)15-8-10-16(11-9-15)29(21,27)28/h3-11,32-33H,25H2,1-2H3;4-12,29-30H,22H2,1-3H3;3-11,30-31H,24H2,1-2H3;4-12,27-28H,21H2,1-3H3. The van der Waals surface area contributed by atoms with E-state index in [1.807, 2.05) is 62.4 Å². The second-order valence-corrected chi connectivity index (χ2v) is 36.2. The summed E-state index contributed by atoms with van der Waals surface area (Å²) in [5, 5.41) is 48.5. The Morgan fingerprint density at radius 3 is 0.794 bits per heavy atom. The first-order valence-electron chi connectivity index (χ1n) is 36.6. The molecule has 8 aromatic carbocycles. The minimum atomic E-state index is -4.75. The van der Waals surface area contributed by atoms with Crippen molar-refractivity contribution >= 4 is 77.8 Å². The minimum Gasteiger partial charge on any atom is -0.297 e. The molecule has 16 N–H and O–H groups in total. The number of nitrogens with two attached hydrogens (primary N) is 4. The van der Waals surface area contributed by atoms with Gasteiger partial charge in [0, 0.05) is 33.4 Å². The fraction of sp³-hybridized carbons (Fsp3) is 0.195. The van der Waals surface area contributed by atoms with E-state index in [0.29, 0.717) is 28.3 Å². The average Bonchev–Trinajstić information content (AvgIpc) is 1.59. The van der Waals surface area contributed by atoms with Crippen LogP contribution in [0, 0.1) is 33.5 Å². The molecule has 2 unspecified atom stereocenters. The van der Waals surface area contributed by atoms with Crippen LogP contribution in [-0.2, 0) is 21.9 Å². The lowest BCUT2D eigenvalue weighted by Crippen LogP contribution is -2.40. The highest BCUT2D eigenvalue weighted by Gasteiger charge is 2.44. The zero-order valence-electron chi connectivity index (χ0n) is 68.0. The van der Waals surface area contributed by atoms with Gasteiger partial charge < -0.3 is 0 Å². The van der Waals surface area contributed by atoms with E-state index in [1.165, 1.54) is 160 Å². The van der Waals surface area contributed by atoms with Crippen LogP contribution in [0.1, 0.15) is 120 Å². The van der Waals surface area contributed by atoms with Gasteiger partial charge in [-0.3, -0.25) is 65.2 Å². The van der Waals surface area contributed by atoms with Gasteiger partial charge in [0.1, 0.15) is 11.4 Å². The van der Waals surface area contributed by atoms with Crippen molar-refractivity contribution in [3.8, 4) is 67.8 Å². The van der Waals surface area contributed by atoms with Gasteiger partial charge in [0.15, 0.2) is 39.8 Å². The molecule has 0 amide bonds. The molecular weight excluding hydrogens is 1740 g/mol. The fourth-order valence-corrected chi connectivity index (χ4v) is 13.8. The molecule has 12 aromatic rings. The monoisotopic (exact) mass is 1820 g/mol. The molecule has 4 heterocycles. The molecule has 0 bridgehead atoms. The topological polar surface area (TPSA) is 557 Å². The molecule has 0 fully saturated rings. The lowest BCUT2D eigenvalue weighted by molar-refractivity contribution is -0.142. The van der Waals surface area contributed by atoms with E-state index >= 15 is 0 Å². The molecular formula is C82H82F6N16O18S4. The molecule has 12 rings (SSSR count). The summed E-state index contributed by atoms with van der Waals surface area (Å²) in [6.07, 6.45) is -9.45. The number of alkyl halides is 6. The van der Waals surface area contributed by atoms with Crippen LogP contribution in [0.4, 0.5) is 26.3 Å². The summed E-state index contributed by atoms with van der Waals surface area (Å²) < 4.78 is 162. The number of Topliss-reactive ketones (excluding diaryl/α,β-unsaturated/α-hetero) is 6. The molecule has 664 valence electrons. The van der Waals surface area contributed by atoms with Gasteiger partial charge in [0.2, 0.25) is 28.4 Å². The number of nitrogens with zero attached hydrogens (tertiary/aromatic N) is 12. The Morgan fingerprint density at radius 2 is 0.548 bits per heavy atom. The fourth-order valence-electron chi connectivity index (χ4n) is 11.6. The van der Waals surface area contributed by atoms with Crippen LogP contribution in [0.15, 0.2) is 259 Å². The predicted octanol–water partition coefficient (Wildman–Crippen LogP) is 18.8. The lowest BCUT2D eigenvalue weighted by Gasteiger charge is -2.26. The van der Waals surface area contributed by atoms with Crippen LogP contribution in [-0.4, -0.2) is 132 Å². The van der Waals surface area contributed by atoms with Gasteiger partial charge in [-0.05, 0) is 201 Å². The van der Waals surface area contributed by atoms with Gasteiger partial charge in [-0.15, -0.1) is 62.7 Å². The second kappa shape index (κ2) is 37.4. The normalized spacial score (nSPS) is 13.6. The number of halogens is 6. The number of nitroso groups, excluding NO2 is 4. The maximum absolute atomic E-state index is 13.4. The van der Waals surface area contributed by atoms with Crippen molar-refractivity contribution in [2.45, 2.75) is 123 Å². The van der Waals surface area contributed by atoms with Crippen LogP contribution in [0.2, 0.25) is 0 Å². The van der Waals surface area contributed by atoms with E-state index < -0.39 is 124 Å². The minimum absolute atomic E-state index is 0.0128. The zero-order valence-corrected chi connectivity index (χ0v) is 71.3. The summed E-state index contributed by atoms with van der Waals surface area (Å²) in [4.78, 5) is 119. The number of rotatable bonds is 26. The van der Waals surface area contributed by atoms with E-state index in [-0.39, 0.29) is 70.4 Å². The Kier molecular flexibility index (Phi) is 28.9. The summed E-state index contributed by atoms with van der Waals surface area (Å²) in [6, 6.07) is 53.5. The van der Waals surface area contributed by atoms with E-state index in [0.717, 1.165) is 71.4 Å². The molecule has 44 heteroatoms. The Bertz CT molecular complexity index is 6090. The molecule has 2 atom stereocenters. The number of carbonyl (C=O) groups excluding carboxylic acids is 6. The van der Waals surface area contributed by atoms with Gasteiger partial charge in [-0.1, -0.05) is 119 Å². The Hall–Kier alpha value is -12.5. The second-order valence-electron chi connectivity index (χ2n) is 29.6. The van der Waals surface area contributed by atoms with Crippen LogP contribution in [0.3, 0.4) is 0 Å². The Labute approximate surface area is 719 Å². The maximum atomic E-state index is 13.4. The zero-order chi connectivity index (χ0) is 93.7. The number of benzene rings is 8. The summed E-state index contributed by atoms with van der Waals surface area (Å²) >= 11 is 0. The van der Waals surface area contributed by atoms with E-state index in [1.54, 1.807) is 35.0 Å². The lowest BCUT2D eigenvalue weighted by atomic mass is 9.88. The quantitative estimate of drug-likeness (QED) is 0.0104. The molecule has 0 radical (unpaired) electrons. The number of hydrogen-bond acceptors (Lipinski definition) is 30. The van der Waals surface area contributed by atoms with Crippen molar-refractivity contribution in [2.24, 2.45) is 41.3 Å². The predicted molar refractivity (Wildman–Crippen MR) is 464 cm³/mol. The van der Waals surface area contributed by atoms with Crippen molar-refractivity contribution in [1.82, 2.24) is 39.1 Å². The number of hydrogen-bond donors (Lipinski definition) is 12. The third kappa shape index (κ3) is 22.2. The summed E-state index contributed by atoms with van der Waals surface area (Å²) in [6.45, 7) is 13.9. The van der Waals surface area contributed by atoms with Crippen LogP contribution in [0.25, 0.3) is 67.8 Å². The van der Waals surface area contributed by atoms with Gasteiger partial charge >= 0.3 is 12.4 Å². The highest BCUT2D eigenvalue weighted by molar-refractivity contribution is 8.23. The molecule has 0 aliphatic rings. The number of ketones is 6. The van der Waals surface area contributed by atoms with Gasteiger partial charge in [0.25, 0.3) is 0 Å². The number of carbonyl (C=O) groups is 6. The van der Waals surface area contributed by atoms with Crippen molar-refractivity contribution in [3.63, 3.8) is 0 Å². The van der Waals surface area contributed by atoms with Crippen molar-refractivity contribution in [3.05, 3.63) is 283 Å². The molecule has 0 spiro atoms. The number of aryl methyl sites for hydroxylation is 2. The molecule has 126 heavy (non-hydrogen) atoms. The summed E-state index contributed by atoms with van der Waals surface area (Å²) in [5.41, 5.74) is -2.24. The molecule has 0 aliphatic carbocycles. The summed E-state index contributed by atoms with van der Waals surface area (Å²) in [7, 11) is -13.7. The molecule has 0 saturated heterocycles. The largest absolute Gasteiger partial charge is 0.435 e. The number of aromatic nitrogens is 8. The maximum Gasteiger partial charge on any atom is 0.435 e. The van der Waals surface area contributed by atoms with Crippen molar-refractivity contribution in [2.75, 3.05) is 0 Å². The van der Waals surface area contributed by atoms with Crippen molar-refractivity contribution in [1.29, 1.82) is 0 Å². The third-order valence-corrected chi connectivity index (χ3v) is 23.2. The molecule has 0 aliphatic heterocycles. The highest BCUT2D eigenvalue weighted by atomic mass is 32.3. The molecule has 0 saturated carbocycles. The molecule has 4 aromatic heterocycles. The average molecular weight is 1820 g/mol. The Balaban J connectivity index is 0.000000190. The smallest absolute Gasteiger partial charge is 0.297 e. The van der Waals surface area contributed by atoms with E-state index in [9.17, 15) is 111 Å². The van der Waals surface area contributed by atoms with Crippen LogP contribution < -0.4 is 20.6 Å². The Morgan fingerprint density at radius 1 is 0.317 bits per heavy atom. The van der Waals surface area contributed by atoms with Crippen LogP contribution in [0.5, 0.6) is 0 Å². The SMILES string of the molecule is CC(=O)C(C)(N=O)C(=O)c1cc(-c2ccc(C)cc2)n(-c2ccc(S(N)(O)O)cc2)n1.CC(=O)C(C)(N=O)C(=O)c1ccc(-c2cc(C(F)(F)F)nn2-c2ccc(S(N)(O)O)cc2)cc1.CC(C)(N=O)C(=O)c1ccc(-c2cc(C(F)(F)F)nn2-c2ccc(S(N)(O)O)cc2)cc1.Cc1ccc(-c2cc(C(=O)C(C)(C)N=O)nn2-c2ccc(S(N)(O)O)cc2)cc1. The van der Waals surface area contributed by atoms with Gasteiger partial charge in [0.05, 0.1) is 65.1 Å². The van der Waals surface area contributed by atoms with Gasteiger partial charge in [-0.25, -0.2) is 39.3 Å². The van der Waals surface area contributed by atoms with E-state index in [2.05, 4.69) is 41.1 Å². The summed E-state index contributed by atoms with van der Waals surface area (Å²) in [5.74, 6) is -4.11.